The van der Waals surface area contributed by atoms with Gasteiger partial charge in [-0.05, 0) is 24.6 Å². The van der Waals surface area contributed by atoms with Gasteiger partial charge in [-0.15, -0.1) is 34.2 Å². The lowest BCUT2D eigenvalue weighted by molar-refractivity contribution is 0.657. The molecule has 2 aromatic rings. The molecule has 1 aromatic heterocycles. The van der Waals surface area contributed by atoms with Gasteiger partial charge in [-0.2, -0.15) is 0 Å². The Labute approximate surface area is 168 Å². The molecule has 0 fully saturated rings. The van der Waals surface area contributed by atoms with Crippen molar-refractivity contribution in [3.05, 3.63) is 46.0 Å². The second-order valence-corrected chi connectivity index (χ2v) is 5.94. The molecule has 2 rings (SSSR count). The molecule has 9 heteroatoms. The summed E-state index contributed by atoms with van der Waals surface area (Å²) in [5, 5.41) is 12.2. The van der Waals surface area contributed by atoms with E-state index in [0.717, 1.165) is 17.8 Å². The fraction of sp³-hybridized carbons (Fsp3) is 0.400. The Balaban J connectivity index is 0.00000288. The lowest BCUT2D eigenvalue weighted by Gasteiger charge is -2.16. The zero-order valence-electron chi connectivity index (χ0n) is 13.5. The fourth-order valence-corrected chi connectivity index (χ4v) is 2.79. The summed E-state index contributed by atoms with van der Waals surface area (Å²) < 4.78 is 1.97. The van der Waals surface area contributed by atoms with Gasteiger partial charge in [-0.25, -0.2) is 0 Å². The number of nitrogens with two attached hydrogens (primary N) is 1. The SMILES string of the molecule is CCc1nncn1CCN=C(N)NC(C)c1ccc(Cl)cc1Cl.I. The van der Waals surface area contributed by atoms with Crippen LogP contribution in [0.4, 0.5) is 0 Å². The van der Waals surface area contributed by atoms with Crippen molar-refractivity contribution >= 4 is 53.1 Å². The minimum absolute atomic E-state index is 0. The third kappa shape index (κ3) is 5.78. The van der Waals surface area contributed by atoms with Crippen LogP contribution in [0.2, 0.25) is 10.0 Å². The molecule has 0 amide bonds. The number of hydrogen-bond acceptors (Lipinski definition) is 3. The summed E-state index contributed by atoms with van der Waals surface area (Å²) in [6, 6.07) is 5.32. The second kappa shape index (κ2) is 10.0. The predicted molar refractivity (Wildman–Crippen MR) is 109 cm³/mol. The molecule has 1 unspecified atom stereocenters. The molecule has 0 aliphatic heterocycles. The summed E-state index contributed by atoms with van der Waals surface area (Å²) in [4.78, 5) is 4.32. The molecule has 0 saturated carbocycles. The maximum Gasteiger partial charge on any atom is 0.189 e. The van der Waals surface area contributed by atoms with Gasteiger partial charge in [-0.1, -0.05) is 36.2 Å². The van der Waals surface area contributed by atoms with Crippen LogP contribution in [-0.4, -0.2) is 27.3 Å². The largest absolute Gasteiger partial charge is 0.370 e. The van der Waals surface area contributed by atoms with Crippen molar-refractivity contribution in [2.45, 2.75) is 32.9 Å². The molecule has 0 saturated heterocycles. The smallest absolute Gasteiger partial charge is 0.189 e. The van der Waals surface area contributed by atoms with E-state index in [0.29, 0.717) is 29.1 Å². The first-order valence-corrected chi connectivity index (χ1v) is 8.15. The number of hydrogen-bond donors (Lipinski definition) is 2. The van der Waals surface area contributed by atoms with Crippen molar-refractivity contribution in [3.63, 3.8) is 0 Å². The van der Waals surface area contributed by atoms with E-state index >= 15 is 0 Å². The number of halogens is 3. The second-order valence-electron chi connectivity index (χ2n) is 5.09. The molecule has 0 radical (unpaired) electrons. The van der Waals surface area contributed by atoms with Crippen LogP contribution in [0, 0.1) is 0 Å². The molecular weight excluding hydrogens is 462 g/mol. The van der Waals surface area contributed by atoms with Crippen molar-refractivity contribution in [1.82, 2.24) is 20.1 Å². The van der Waals surface area contributed by atoms with Crippen molar-refractivity contribution in [1.29, 1.82) is 0 Å². The van der Waals surface area contributed by atoms with Gasteiger partial charge < -0.3 is 15.6 Å². The molecular formula is C15H21Cl2IN6. The predicted octanol–water partition coefficient (Wildman–Crippen LogP) is 3.43. The number of guanidine groups is 1. The van der Waals surface area contributed by atoms with Crippen LogP contribution >= 0.6 is 47.2 Å². The summed E-state index contributed by atoms with van der Waals surface area (Å²) in [6.07, 6.45) is 2.54. The van der Waals surface area contributed by atoms with Crippen LogP contribution in [0.5, 0.6) is 0 Å². The highest BCUT2D eigenvalue weighted by molar-refractivity contribution is 14.0. The van der Waals surface area contributed by atoms with Gasteiger partial charge in [0.2, 0.25) is 0 Å². The average Bonchev–Trinajstić information content (AvgIpc) is 2.94. The van der Waals surface area contributed by atoms with E-state index in [9.17, 15) is 0 Å². The quantitative estimate of drug-likeness (QED) is 0.375. The Morgan fingerprint density at radius 2 is 2.17 bits per heavy atom. The lowest BCUT2D eigenvalue weighted by Crippen LogP contribution is -2.34. The molecule has 0 spiro atoms. The van der Waals surface area contributed by atoms with Crippen molar-refractivity contribution < 1.29 is 0 Å². The first-order chi connectivity index (χ1) is 11.0. The van der Waals surface area contributed by atoms with Gasteiger partial charge >= 0.3 is 0 Å². The number of nitrogens with zero attached hydrogens (tertiary/aromatic N) is 4. The first kappa shape index (κ1) is 21.0. The zero-order chi connectivity index (χ0) is 16.8. The van der Waals surface area contributed by atoms with Crippen LogP contribution in [0.15, 0.2) is 29.5 Å². The van der Waals surface area contributed by atoms with E-state index < -0.39 is 0 Å². The minimum Gasteiger partial charge on any atom is -0.370 e. The van der Waals surface area contributed by atoms with Gasteiger partial charge in [0, 0.05) is 23.0 Å². The van der Waals surface area contributed by atoms with E-state index in [4.69, 9.17) is 28.9 Å². The molecule has 3 N–H and O–H groups in total. The van der Waals surface area contributed by atoms with Gasteiger partial charge in [0.25, 0.3) is 0 Å². The molecule has 6 nitrogen and oxygen atoms in total. The summed E-state index contributed by atoms with van der Waals surface area (Å²) in [6.45, 7) is 5.24. The van der Waals surface area contributed by atoms with Crippen LogP contribution in [-0.2, 0) is 13.0 Å². The summed E-state index contributed by atoms with van der Waals surface area (Å²) in [5.74, 6) is 1.31. The Morgan fingerprint density at radius 3 is 2.83 bits per heavy atom. The number of rotatable bonds is 6. The molecule has 1 atom stereocenters. The number of aromatic nitrogens is 3. The van der Waals surface area contributed by atoms with Gasteiger partial charge in [0.05, 0.1) is 12.6 Å². The molecule has 0 bridgehead atoms. The van der Waals surface area contributed by atoms with E-state index in [2.05, 4.69) is 20.5 Å². The average molecular weight is 483 g/mol. The highest BCUT2D eigenvalue weighted by Crippen LogP contribution is 2.25. The monoisotopic (exact) mass is 482 g/mol. The molecule has 1 aromatic carbocycles. The van der Waals surface area contributed by atoms with Crippen LogP contribution in [0.25, 0.3) is 0 Å². The minimum atomic E-state index is -0.0652. The summed E-state index contributed by atoms with van der Waals surface area (Å²) in [5.41, 5.74) is 6.85. The Bertz CT molecular complexity index is 688. The molecule has 24 heavy (non-hydrogen) atoms. The van der Waals surface area contributed by atoms with Gasteiger partial charge in [0.15, 0.2) is 5.96 Å². The van der Waals surface area contributed by atoms with Gasteiger partial charge in [-0.3, -0.25) is 4.99 Å². The van der Waals surface area contributed by atoms with Gasteiger partial charge in [0.1, 0.15) is 12.2 Å². The van der Waals surface area contributed by atoms with E-state index in [1.54, 1.807) is 18.5 Å². The highest BCUT2D eigenvalue weighted by atomic mass is 127. The number of aryl methyl sites for hydroxylation is 1. The normalized spacial score (nSPS) is 12.6. The highest BCUT2D eigenvalue weighted by Gasteiger charge is 2.10. The van der Waals surface area contributed by atoms with E-state index in [1.807, 2.05) is 24.5 Å². The number of aliphatic imine (C=N–C) groups is 1. The summed E-state index contributed by atoms with van der Waals surface area (Å²) >= 11 is 12.1. The zero-order valence-corrected chi connectivity index (χ0v) is 17.4. The Kier molecular flexibility index (Phi) is 8.79. The Hall–Kier alpha value is -1.06. The molecule has 132 valence electrons. The van der Waals surface area contributed by atoms with Crippen molar-refractivity contribution in [2.24, 2.45) is 10.7 Å². The fourth-order valence-electron chi connectivity index (χ4n) is 2.22. The maximum absolute atomic E-state index is 6.19. The lowest BCUT2D eigenvalue weighted by atomic mass is 10.1. The maximum atomic E-state index is 6.19. The summed E-state index contributed by atoms with van der Waals surface area (Å²) in [7, 11) is 0. The number of benzene rings is 1. The molecule has 1 heterocycles. The third-order valence-electron chi connectivity index (χ3n) is 3.43. The van der Waals surface area contributed by atoms with Crippen molar-refractivity contribution in [2.75, 3.05) is 6.54 Å². The van der Waals surface area contributed by atoms with Crippen molar-refractivity contribution in [3.8, 4) is 0 Å². The Morgan fingerprint density at radius 1 is 1.42 bits per heavy atom. The van der Waals surface area contributed by atoms with Crippen LogP contribution in [0.1, 0.15) is 31.3 Å². The van der Waals surface area contributed by atoms with E-state index in [-0.39, 0.29) is 30.0 Å². The topological polar surface area (TPSA) is 81.1 Å². The number of nitrogens with one attached hydrogen (secondary N) is 1. The standard InChI is InChI=1S/C15H20Cl2N6.HI/c1-3-14-22-20-9-23(14)7-6-19-15(18)21-10(2)12-5-4-11(16)8-13(12)17;/h4-5,8-10H,3,6-7H2,1-2H3,(H3,18,19,21);1H. The third-order valence-corrected chi connectivity index (χ3v) is 3.99. The molecule has 0 aliphatic carbocycles. The molecule has 0 aliphatic rings. The van der Waals surface area contributed by atoms with Crippen LogP contribution < -0.4 is 11.1 Å². The van der Waals surface area contributed by atoms with E-state index in [1.165, 1.54) is 0 Å². The van der Waals surface area contributed by atoms with Crippen LogP contribution in [0.3, 0.4) is 0 Å². The first-order valence-electron chi connectivity index (χ1n) is 7.39.